The van der Waals surface area contributed by atoms with E-state index in [2.05, 4.69) is 22.0 Å². The van der Waals surface area contributed by atoms with Crippen molar-refractivity contribution in [2.24, 2.45) is 0 Å². The smallest absolute Gasteiger partial charge is 0.0821 e. The minimum Gasteiger partial charge on any atom is -0.376 e. The first-order valence-electron chi connectivity index (χ1n) is 6.73. The van der Waals surface area contributed by atoms with Gasteiger partial charge in [0.25, 0.3) is 0 Å². The Balaban J connectivity index is 1.37. The van der Waals surface area contributed by atoms with Crippen molar-refractivity contribution in [2.45, 2.75) is 18.4 Å². The van der Waals surface area contributed by atoms with Gasteiger partial charge in [0.2, 0.25) is 0 Å². The van der Waals surface area contributed by atoms with Crippen LogP contribution in [0.15, 0.2) is 24.5 Å². The summed E-state index contributed by atoms with van der Waals surface area (Å²) in [6.45, 7) is 5.72. The van der Waals surface area contributed by atoms with Crippen molar-refractivity contribution < 1.29 is 9.47 Å². The predicted molar refractivity (Wildman–Crippen MR) is 68.6 cm³/mol. The number of ether oxygens (including phenoxy) is 2. The van der Waals surface area contributed by atoms with Gasteiger partial charge in [0.05, 0.1) is 25.9 Å². The molecule has 0 spiro atoms. The molecule has 2 saturated heterocycles. The molecule has 4 nitrogen and oxygen atoms in total. The van der Waals surface area contributed by atoms with Crippen LogP contribution >= 0.6 is 0 Å². The second-order valence-electron chi connectivity index (χ2n) is 5.09. The van der Waals surface area contributed by atoms with Gasteiger partial charge < -0.3 is 14.4 Å². The van der Waals surface area contributed by atoms with Gasteiger partial charge in [0.15, 0.2) is 0 Å². The third-order valence-corrected chi connectivity index (χ3v) is 3.79. The Bertz CT molecular complexity index is 359. The van der Waals surface area contributed by atoms with Gasteiger partial charge >= 0.3 is 0 Å². The SMILES string of the molecule is c1cc(C2CN(CCC3COCCO3)C2)ccn1. The van der Waals surface area contributed by atoms with E-state index in [1.165, 1.54) is 5.56 Å². The minimum absolute atomic E-state index is 0.304. The van der Waals surface area contributed by atoms with Crippen molar-refractivity contribution in [1.29, 1.82) is 0 Å². The fourth-order valence-electron chi connectivity index (χ4n) is 2.63. The fraction of sp³-hybridized carbons (Fsp3) is 0.643. The monoisotopic (exact) mass is 248 g/mol. The van der Waals surface area contributed by atoms with Crippen LogP contribution in [0.1, 0.15) is 17.9 Å². The molecule has 0 N–H and O–H groups in total. The van der Waals surface area contributed by atoms with Gasteiger partial charge in [0.1, 0.15) is 0 Å². The number of pyridine rings is 1. The zero-order valence-electron chi connectivity index (χ0n) is 10.6. The van der Waals surface area contributed by atoms with Crippen molar-refractivity contribution in [1.82, 2.24) is 9.88 Å². The summed E-state index contributed by atoms with van der Waals surface area (Å²) >= 11 is 0. The number of nitrogens with zero attached hydrogens (tertiary/aromatic N) is 2. The number of hydrogen-bond donors (Lipinski definition) is 0. The van der Waals surface area contributed by atoms with Crippen LogP contribution in [0.4, 0.5) is 0 Å². The summed E-state index contributed by atoms with van der Waals surface area (Å²) in [6, 6.07) is 4.25. The van der Waals surface area contributed by atoms with Gasteiger partial charge in [-0.1, -0.05) is 0 Å². The van der Waals surface area contributed by atoms with Crippen LogP contribution in [-0.4, -0.2) is 55.4 Å². The van der Waals surface area contributed by atoms with Crippen molar-refractivity contribution >= 4 is 0 Å². The summed E-state index contributed by atoms with van der Waals surface area (Å²) in [5.74, 6) is 0.691. The quantitative estimate of drug-likeness (QED) is 0.804. The number of likely N-dealkylation sites (tertiary alicyclic amines) is 1. The van der Waals surface area contributed by atoms with Gasteiger partial charge in [-0.25, -0.2) is 0 Å². The summed E-state index contributed by atoms with van der Waals surface area (Å²) in [5.41, 5.74) is 1.42. The van der Waals surface area contributed by atoms with Crippen LogP contribution in [0, 0.1) is 0 Å². The molecule has 0 aliphatic carbocycles. The third-order valence-electron chi connectivity index (χ3n) is 3.79. The molecule has 1 unspecified atom stereocenters. The summed E-state index contributed by atoms with van der Waals surface area (Å²) in [4.78, 5) is 6.55. The van der Waals surface area contributed by atoms with Crippen LogP contribution < -0.4 is 0 Å². The van der Waals surface area contributed by atoms with E-state index in [1.54, 1.807) is 0 Å². The van der Waals surface area contributed by atoms with Crippen molar-refractivity contribution in [3.63, 3.8) is 0 Å². The maximum Gasteiger partial charge on any atom is 0.0821 e. The summed E-state index contributed by atoms with van der Waals surface area (Å²) in [7, 11) is 0. The fourth-order valence-corrected chi connectivity index (χ4v) is 2.63. The normalized spacial score (nSPS) is 25.9. The van der Waals surface area contributed by atoms with Crippen molar-refractivity contribution in [2.75, 3.05) is 39.5 Å². The Morgan fingerprint density at radius 1 is 1.22 bits per heavy atom. The van der Waals surface area contributed by atoms with Crippen LogP contribution in [0.3, 0.4) is 0 Å². The second kappa shape index (κ2) is 5.78. The zero-order chi connectivity index (χ0) is 12.2. The van der Waals surface area contributed by atoms with E-state index in [-0.39, 0.29) is 0 Å². The van der Waals surface area contributed by atoms with Crippen LogP contribution in [-0.2, 0) is 9.47 Å². The molecule has 3 heterocycles. The minimum atomic E-state index is 0.304. The zero-order valence-corrected chi connectivity index (χ0v) is 10.6. The lowest BCUT2D eigenvalue weighted by Crippen LogP contribution is -2.46. The number of rotatable bonds is 4. The highest BCUT2D eigenvalue weighted by Crippen LogP contribution is 2.26. The molecule has 4 heteroatoms. The maximum atomic E-state index is 5.65. The van der Waals surface area contributed by atoms with E-state index in [0.29, 0.717) is 12.0 Å². The molecule has 0 aromatic carbocycles. The van der Waals surface area contributed by atoms with Crippen LogP contribution in [0.5, 0.6) is 0 Å². The Hall–Kier alpha value is -0.970. The Kier molecular flexibility index (Phi) is 3.88. The Morgan fingerprint density at radius 3 is 2.78 bits per heavy atom. The molecular formula is C14H20N2O2. The predicted octanol–water partition coefficient (Wildman–Crippen LogP) is 1.29. The molecule has 3 rings (SSSR count). The van der Waals surface area contributed by atoms with Gasteiger partial charge in [-0.05, 0) is 24.1 Å². The lowest BCUT2D eigenvalue weighted by atomic mass is 9.92. The summed E-state index contributed by atoms with van der Waals surface area (Å²) in [5, 5.41) is 0. The van der Waals surface area contributed by atoms with E-state index in [9.17, 15) is 0 Å². The summed E-state index contributed by atoms with van der Waals surface area (Å²) < 4.78 is 11.1. The molecule has 1 aromatic heterocycles. The van der Waals surface area contributed by atoms with E-state index in [0.717, 1.165) is 45.9 Å². The first-order chi connectivity index (χ1) is 8.92. The first-order valence-corrected chi connectivity index (χ1v) is 6.73. The van der Waals surface area contributed by atoms with E-state index in [1.807, 2.05) is 12.4 Å². The molecule has 1 atom stereocenters. The first kappa shape index (κ1) is 12.1. The average molecular weight is 248 g/mol. The topological polar surface area (TPSA) is 34.6 Å². The maximum absolute atomic E-state index is 5.65. The van der Waals surface area contributed by atoms with Crippen molar-refractivity contribution in [3.8, 4) is 0 Å². The van der Waals surface area contributed by atoms with Gasteiger partial charge in [0, 0.05) is 37.9 Å². The molecular weight excluding hydrogens is 228 g/mol. The highest BCUT2D eigenvalue weighted by Gasteiger charge is 2.28. The standard InChI is InChI=1S/C14H20N2O2/c1-4-15-5-2-12(1)13-9-16(10-13)6-3-14-11-17-7-8-18-14/h1-2,4-5,13-14H,3,6-11H2. The molecule has 2 fully saturated rings. The molecule has 0 radical (unpaired) electrons. The molecule has 2 aliphatic rings. The lowest BCUT2D eigenvalue weighted by molar-refractivity contribution is -0.0941. The van der Waals surface area contributed by atoms with Gasteiger partial charge in [-0.15, -0.1) is 0 Å². The largest absolute Gasteiger partial charge is 0.376 e. The third kappa shape index (κ3) is 2.88. The number of aromatic nitrogens is 1. The van der Waals surface area contributed by atoms with E-state index >= 15 is 0 Å². The van der Waals surface area contributed by atoms with Crippen LogP contribution in [0.25, 0.3) is 0 Å². The number of hydrogen-bond acceptors (Lipinski definition) is 4. The highest BCUT2D eigenvalue weighted by atomic mass is 16.6. The van der Waals surface area contributed by atoms with E-state index in [4.69, 9.17) is 9.47 Å². The molecule has 2 aliphatic heterocycles. The molecule has 1 aromatic rings. The van der Waals surface area contributed by atoms with Gasteiger partial charge in [-0.2, -0.15) is 0 Å². The van der Waals surface area contributed by atoms with E-state index < -0.39 is 0 Å². The Morgan fingerprint density at radius 2 is 2.06 bits per heavy atom. The van der Waals surface area contributed by atoms with Gasteiger partial charge in [-0.3, -0.25) is 4.98 Å². The van der Waals surface area contributed by atoms with Crippen molar-refractivity contribution in [3.05, 3.63) is 30.1 Å². The average Bonchev–Trinajstić information content (AvgIpc) is 2.39. The Labute approximate surface area is 108 Å². The lowest BCUT2D eigenvalue weighted by Gasteiger charge is -2.40. The summed E-state index contributed by atoms with van der Waals surface area (Å²) in [6.07, 6.45) is 5.15. The molecule has 18 heavy (non-hydrogen) atoms. The molecule has 98 valence electrons. The molecule has 0 bridgehead atoms. The second-order valence-corrected chi connectivity index (χ2v) is 5.09. The molecule has 0 amide bonds. The van der Waals surface area contributed by atoms with Crippen LogP contribution in [0.2, 0.25) is 0 Å². The highest BCUT2D eigenvalue weighted by molar-refractivity contribution is 5.19. The molecule has 0 saturated carbocycles.